The highest BCUT2D eigenvalue weighted by Crippen LogP contribution is 2.14. The molecule has 0 radical (unpaired) electrons. The van der Waals surface area contributed by atoms with E-state index in [0.717, 1.165) is 9.54 Å². The van der Waals surface area contributed by atoms with Crippen LogP contribution in [-0.2, 0) is 19.7 Å². The molecule has 0 bridgehead atoms. The Labute approximate surface area is 120 Å². The number of carbonyl (C=O) groups excluding carboxylic acids is 1. The zero-order valence-electron chi connectivity index (χ0n) is 10.6. The minimum atomic E-state index is -3.59. The Hall–Kier alpha value is -0.960. The van der Waals surface area contributed by atoms with Gasteiger partial charge in [0.1, 0.15) is 0 Å². The molecule has 0 unspecified atom stereocenters. The highest BCUT2D eigenvalue weighted by molar-refractivity contribution is 9.10. The molecule has 0 heterocycles. The molecule has 0 spiro atoms. The van der Waals surface area contributed by atoms with Crippen LogP contribution in [0.15, 0.2) is 33.6 Å². The Morgan fingerprint density at radius 1 is 1.37 bits per heavy atom. The highest BCUT2D eigenvalue weighted by atomic mass is 79.9. The Morgan fingerprint density at radius 2 is 1.95 bits per heavy atom. The first kappa shape index (κ1) is 16.1. The fourth-order valence-corrected chi connectivity index (χ4v) is 2.54. The van der Waals surface area contributed by atoms with Crippen LogP contribution in [0.3, 0.4) is 0 Å². The SMILES string of the molecule is CON(C)C(=O)CCNS(=O)(=O)c1ccc(Br)cc1. The topological polar surface area (TPSA) is 75.7 Å². The number of nitrogens with one attached hydrogen (secondary N) is 1. The van der Waals surface area contributed by atoms with Crippen molar-refractivity contribution in [3.05, 3.63) is 28.7 Å². The van der Waals surface area contributed by atoms with Gasteiger partial charge in [-0.15, -0.1) is 0 Å². The Morgan fingerprint density at radius 3 is 2.47 bits per heavy atom. The van der Waals surface area contributed by atoms with E-state index >= 15 is 0 Å². The average molecular weight is 351 g/mol. The third-order valence-electron chi connectivity index (χ3n) is 2.38. The quantitative estimate of drug-likeness (QED) is 0.780. The molecule has 0 saturated heterocycles. The first-order chi connectivity index (χ1) is 8.86. The van der Waals surface area contributed by atoms with Gasteiger partial charge >= 0.3 is 0 Å². The lowest BCUT2D eigenvalue weighted by molar-refractivity contribution is -0.168. The van der Waals surface area contributed by atoms with Gasteiger partial charge in [-0.05, 0) is 24.3 Å². The maximum atomic E-state index is 11.9. The minimum Gasteiger partial charge on any atom is -0.275 e. The molecule has 0 atom stereocenters. The molecule has 1 N–H and O–H groups in total. The van der Waals surface area contributed by atoms with Crippen molar-refractivity contribution in [2.24, 2.45) is 0 Å². The van der Waals surface area contributed by atoms with Crippen LogP contribution in [0.1, 0.15) is 6.42 Å². The van der Waals surface area contributed by atoms with Gasteiger partial charge in [-0.3, -0.25) is 9.63 Å². The largest absolute Gasteiger partial charge is 0.275 e. The van der Waals surface area contributed by atoms with Gasteiger partial charge in [-0.25, -0.2) is 18.2 Å². The molecule has 0 aromatic heterocycles. The van der Waals surface area contributed by atoms with E-state index in [4.69, 9.17) is 4.84 Å². The number of carbonyl (C=O) groups is 1. The smallest absolute Gasteiger partial charge is 0.247 e. The normalized spacial score (nSPS) is 11.3. The maximum Gasteiger partial charge on any atom is 0.247 e. The van der Waals surface area contributed by atoms with E-state index in [0.29, 0.717) is 0 Å². The van der Waals surface area contributed by atoms with Gasteiger partial charge in [0, 0.05) is 24.5 Å². The molecular formula is C11H15BrN2O4S. The van der Waals surface area contributed by atoms with Crippen LogP contribution in [-0.4, -0.2) is 40.1 Å². The van der Waals surface area contributed by atoms with Crippen molar-refractivity contribution in [2.45, 2.75) is 11.3 Å². The zero-order valence-corrected chi connectivity index (χ0v) is 13.0. The predicted molar refractivity (Wildman–Crippen MR) is 73.7 cm³/mol. The summed E-state index contributed by atoms with van der Waals surface area (Å²) in [6.07, 6.45) is 0.0279. The summed E-state index contributed by atoms with van der Waals surface area (Å²) in [6.45, 7) is 0.0188. The van der Waals surface area contributed by atoms with Crippen molar-refractivity contribution in [3.8, 4) is 0 Å². The summed E-state index contributed by atoms with van der Waals surface area (Å²) in [7, 11) is -0.759. The number of hydroxylamine groups is 2. The van der Waals surface area contributed by atoms with Crippen molar-refractivity contribution in [1.29, 1.82) is 0 Å². The number of amides is 1. The van der Waals surface area contributed by atoms with Crippen LogP contribution >= 0.6 is 15.9 Å². The second-order valence-electron chi connectivity index (χ2n) is 3.68. The van der Waals surface area contributed by atoms with Gasteiger partial charge in [-0.1, -0.05) is 15.9 Å². The Kier molecular flexibility index (Phi) is 5.92. The van der Waals surface area contributed by atoms with Crippen LogP contribution in [0.5, 0.6) is 0 Å². The van der Waals surface area contributed by atoms with Crippen molar-refractivity contribution in [1.82, 2.24) is 9.79 Å². The molecule has 8 heteroatoms. The molecule has 0 aliphatic carbocycles. The molecule has 0 aliphatic rings. The number of halogens is 1. The van der Waals surface area contributed by atoms with Crippen LogP contribution in [0, 0.1) is 0 Å². The van der Waals surface area contributed by atoms with E-state index in [9.17, 15) is 13.2 Å². The molecule has 19 heavy (non-hydrogen) atoms. The van der Waals surface area contributed by atoms with Crippen molar-refractivity contribution >= 4 is 31.9 Å². The number of hydrogen-bond acceptors (Lipinski definition) is 4. The fourth-order valence-electron chi connectivity index (χ4n) is 1.25. The van der Waals surface area contributed by atoms with Crippen LogP contribution < -0.4 is 4.72 Å². The second-order valence-corrected chi connectivity index (χ2v) is 6.36. The Bertz CT molecular complexity index is 530. The summed E-state index contributed by atoms with van der Waals surface area (Å²) in [5.41, 5.74) is 0. The molecule has 106 valence electrons. The van der Waals surface area contributed by atoms with Gasteiger partial charge in [0.15, 0.2) is 0 Å². The monoisotopic (exact) mass is 350 g/mol. The predicted octanol–water partition coefficient (Wildman–Crippen LogP) is 1.14. The highest BCUT2D eigenvalue weighted by Gasteiger charge is 2.15. The second kappa shape index (κ2) is 6.99. The lowest BCUT2D eigenvalue weighted by Gasteiger charge is -2.13. The van der Waals surface area contributed by atoms with E-state index in [-0.39, 0.29) is 23.8 Å². The van der Waals surface area contributed by atoms with Gasteiger partial charge in [0.2, 0.25) is 15.9 Å². The number of sulfonamides is 1. The third kappa shape index (κ3) is 4.90. The van der Waals surface area contributed by atoms with Crippen LogP contribution in [0.2, 0.25) is 0 Å². The van der Waals surface area contributed by atoms with Crippen molar-refractivity contribution < 1.29 is 18.0 Å². The summed E-state index contributed by atoms with van der Waals surface area (Å²) in [5, 5.41) is 1.05. The van der Waals surface area contributed by atoms with Gasteiger partial charge in [-0.2, -0.15) is 0 Å². The third-order valence-corrected chi connectivity index (χ3v) is 4.39. The minimum absolute atomic E-state index is 0.0188. The van der Waals surface area contributed by atoms with Gasteiger partial charge in [0.05, 0.1) is 12.0 Å². The molecule has 1 aromatic rings. The molecule has 0 aliphatic heterocycles. The summed E-state index contributed by atoms with van der Waals surface area (Å²) in [5.74, 6) is -0.305. The van der Waals surface area contributed by atoms with E-state index < -0.39 is 10.0 Å². The van der Waals surface area contributed by atoms with E-state index in [2.05, 4.69) is 20.7 Å². The number of benzene rings is 1. The molecule has 1 amide bonds. The number of rotatable bonds is 6. The van der Waals surface area contributed by atoms with Crippen LogP contribution in [0.4, 0.5) is 0 Å². The van der Waals surface area contributed by atoms with Gasteiger partial charge < -0.3 is 0 Å². The Balaban J connectivity index is 2.57. The average Bonchev–Trinajstić information content (AvgIpc) is 2.37. The van der Waals surface area contributed by atoms with E-state index in [1.54, 1.807) is 12.1 Å². The standard InChI is InChI=1S/C11H15BrN2O4S/c1-14(18-2)11(15)7-8-13-19(16,17)10-5-3-9(12)4-6-10/h3-6,13H,7-8H2,1-2H3. The molecule has 6 nitrogen and oxygen atoms in total. The zero-order chi connectivity index (χ0) is 14.5. The lowest BCUT2D eigenvalue weighted by Crippen LogP contribution is -2.31. The summed E-state index contributed by atoms with van der Waals surface area (Å²) in [4.78, 5) is 16.3. The summed E-state index contributed by atoms with van der Waals surface area (Å²) >= 11 is 3.23. The van der Waals surface area contributed by atoms with Crippen molar-refractivity contribution in [2.75, 3.05) is 20.7 Å². The van der Waals surface area contributed by atoms with E-state index in [1.165, 1.54) is 26.3 Å². The first-order valence-electron chi connectivity index (χ1n) is 5.42. The molecule has 1 rings (SSSR count). The molecular weight excluding hydrogens is 336 g/mol. The molecule has 0 fully saturated rings. The number of nitrogens with zero attached hydrogens (tertiary/aromatic N) is 1. The fraction of sp³-hybridized carbons (Fsp3) is 0.364. The summed E-state index contributed by atoms with van der Waals surface area (Å²) in [6, 6.07) is 6.24. The van der Waals surface area contributed by atoms with Crippen molar-refractivity contribution in [3.63, 3.8) is 0 Å². The lowest BCUT2D eigenvalue weighted by atomic mass is 10.4. The number of hydrogen-bond donors (Lipinski definition) is 1. The van der Waals surface area contributed by atoms with Crippen LogP contribution in [0.25, 0.3) is 0 Å². The first-order valence-corrected chi connectivity index (χ1v) is 7.70. The summed E-state index contributed by atoms with van der Waals surface area (Å²) < 4.78 is 26.9. The van der Waals surface area contributed by atoms with Gasteiger partial charge in [0.25, 0.3) is 0 Å². The molecule has 0 saturated carbocycles. The molecule has 1 aromatic carbocycles. The maximum absolute atomic E-state index is 11.9. The van der Waals surface area contributed by atoms with E-state index in [1.807, 2.05) is 0 Å².